The molecule has 0 aliphatic heterocycles. The lowest BCUT2D eigenvalue weighted by molar-refractivity contribution is 0.0955. The van der Waals surface area contributed by atoms with E-state index >= 15 is 0 Å². The highest BCUT2D eigenvalue weighted by Crippen LogP contribution is 2.23. The summed E-state index contributed by atoms with van der Waals surface area (Å²) in [7, 11) is 0. The fourth-order valence-electron chi connectivity index (χ4n) is 2.79. The quantitative estimate of drug-likeness (QED) is 0.344. The van der Waals surface area contributed by atoms with Crippen LogP contribution in [0.5, 0.6) is 0 Å². The van der Waals surface area contributed by atoms with E-state index in [1.54, 1.807) is 12.1 Å². The Kier molecular flexibility index (Phi) is 5.21. The zero-order valence-corrected chi connectivity index (χ0v) is 16.3. The first kappa shape index (κ1) is 18.0. The highest BCUT2D eigenvalue weighted by Gasteiger charge is 2.11. The topological polar surface area (TPSA) is 59.5 Å². The zero-order valence-electron chi connectivity index (χ0n) is 14.7. The molecule has 28 heavy (non-hydrogen) atoms. The third kappa shape index (κ3) is 3.97. The van der Waals surface area contributed by atoms with E-state index in [1.165, 1.54) is 6.21 Å². The van der Waals surface area contributed by atoms with E-state index in [0.29, 0.717) is 11.3 Å². The van der Waals surface area contributed by atoms with Crippen LogP contribution in [-0.2, 0) is 0 Å². The number of hydrogen-bond acceptors (Lipinski definition) is 3. The van der Waals surface area contributed by atoms with Crippen LogP contribution in [0.15, 0.2) is 99.2 Å². The van der Waals surface area contributed by atoms with Crippen LogP contribution in [0.3, 0.4) is 0 Å². The Labute approximate surface area is 170 Å². The lowest BCUT2D eigenvalue weighted by atomic mass is 10.1. The Morgan fingerprint density at radius 2 is 1.71 bits per heavy atom. The molecule has 0 saturated carbocycles. The van der Waals surface area contributed by atoms with Gasteiger partial charge in [-0.2, -0.15) is 5.10 Å². The first-order valence-electron chi connectivity index (χ1n) is 8.62. The van der Waals surface area contributed by atoms with Gasteiger partial charge < -0.3 is 8.98 Å². The second kappa shape index (κ2) is 8.10. The average Bonchev–Trinajstić information content (AvgIpc) is 3.41. The summed E-state index contributed by atoms with van der Waals surface area (Å²) in [6, 6.07) is 22.7. The smallest absolute Gasteiger partial charge is 0.273 e. The minimum absolute atomic E-state index is 0.291. The van der Waals surface area contributed by atoms with Crippen molar-refractivity contribution in [1.29, 1.82) is 0 Å². The average molecular weight is 434 g/mol. The molecular weight excluding hydrogens is 418 g/mol. The molecule has 6 heteroatoms. The summed E-state index contributed by atoms with van der Waals surface area (Å²) in [4.78, 5) is 12.5. The number of nitrogens with zero attached hydrogens (tertiary/aromatic N) is 2. The van der Waals surface area contributed by atoms with Crippen LogP contribution in [0.4, 0.5) is 0 Å². The number of hydrogen-bond donors (Lipinski definition) is 1. The van der Waals surface area contributed by atoms with Crippen molar-refractivity contribution in [1.82, 2.24) is 9.99 Å². The maximum Gasteiger partial charge on any atom is 0.273 e. The minimum Gasteiger partial charge on any atom is -0.455 e. The van der Waals surface area contributed by atoms with E-state index < -0.39 is 0 Å². The van der Waals surface area contributed by atoms with Crippen LogP contribution in [0, 0.1) is 0 Å². The van der Waals surface area contributed by atoms with Gasteiger partial charge in [0.05, 0.1) is 17.5 Å². The number of rotatable bonds is 5. The van der Waals surface area contributed by atoms with Gasteiger partial charge >= 0.3 is 0 Å². The van der Waals surface area contributed by atoms with E-state index in [1.807, 2.05) is 77.6 Å². The van der Waals surface area contributed by atoms with Crippen molar-refractivity contribution in [3.8, 4) is 17.0 Å². The molecule has 2 aromatic heterocycles. The first-order valence-corrected chi connectivity index (χ1v) is 9.41. The summed E-state index contributed by atoms with van der Waals surface area (Å²) < 4.78 is 8.65. The molecule has 4 rings (SSSR count). The number of nitrogens with one attached hydrogen (secondary N) is 1. The number of halogens is 1. The van der Waals surface area contributed by atoms with Crippen LogP contribution in [0.1, 0.15) is 16.1 Å². The van der Waals surface area contributed by atoms with Crippen molar-refractivity contribution < 1.29 is 9.21 Å². The predicted octanol–water partition coefficient (Wildman–Crippen LogP) is 5.26. The molecule has 0 unspecified atom stereocenters. The Balaban J connectivity index is 1.46. The largest absolute Gasteiger partial charge is 0.455 e. The summed E-state index contributed by atoms with van der Waals surface area (Å²) in [6.45, 7) is 0. The monoisotopic (exact) mass is 433 g/mol. The third-order valence-corrected chi connectivity index (χ3v) is 4.67. The van der Waals surface area contributed by atoms with E-state index in [2.05, 4.69) is 26.5 Å². The number of carbonyl (C=O) groups excluding carboxylic acids is 1. The molecule has 2 heterocycles. The third-order valence-electron chi connectivity index (χ3n) is 4.14. The Hall–Kier alpha value is -3.38. The molecule has 0 aliphatic rings. The minimum atomic E-state index is -0.291. The van der Waals surface area contributed by atoms with Crippen LogP contribution < -0.4 is 5.43 Å². The lowest BCUT2D eigenvalue weighted by Gasteiger charge is -2.08. The number of para-hydroxylation sites is 1. The van der Waals surface area contributed by atoms with Gasteiger partial charge in [-0.1, -0.05) is 40.2 Å². The second-order valence-corrected chi connectivity index (χ2v) is 6.93. The summed E-state index contributed by atoms with van der Waals surface area (Å²) in [5, 5.41) is 4.03. The number of carbonyl (C=O) groups is 1. The molecule has 0 spiro atoms. The number of furan rings is 1. The Morgan fingerprint density at radius 3 is 2.50 bits per heavy atom. The van der Waals surface area contributed by atoms with E-state index in [4.69, 9.17) is 4.42 Å². The summed E-state index contributed by atoms with van der Waals surface area (Å²) in [6.07, 6.45) is 5.27. The van der Waals surface area contributed by atoms with Gasteiger partial charge in [0, 0.05) is 22.4 Å². The van der Waals surface area contributed by atoms with Crippen LogP contribution in [0.25, 0.3) is 17.0 Å². The number of aromatic nitrogens is 1. The molecule has 1 amide bonds. The molecule has 0 fully saturated rings. The molecule has 5 nitrogen and oxygen atoms in total. The standard InChI is InChI=1S/C22H16BrN3O2/c23-17-9-7-16(8-10-17)21-12-11-18(28-21)15-24-25-22(27)19-5-1-2-6-20(19)26-13-3-4-14-26/h1-15H,(H,25,27)/b24-15-. The van der Waals surface area contributed by atoms with E-state index in [0.717, 1.165) is 21.5 Å². The highest BCUT2D eigenvalue weighted by atomic mass is 79.9. The van der Waals surface area contributed by atoms with Crippen LogP contribution in [0.2, 0.25) is 0 Å². The molecule has 1 N–H and O–H groups in total. The Bertz CT molecular complexity index is 1110. The van der Waals surface area contributed by atoms with Gasteiger partial charge in [0.1, 0.15) is 11.5 Å². The molecule has 0 radical (unpaired) electrons. The number of benzene rings is 2. The van der Waals surface area contributed by atoms with Gasteiger partial charge in [-0.05, 0) is 48.5 Å². The van der Waals surface area contributed by atoms with Gasteiger partial charge in [-0.25, -0.2) is 5.43 Å². The molecule has 0 bridgehead atoms. The number of hydrazone groups is 1. The first-order chi connectivity index (χ1) is 13.7. The second-order valence-electron chi connectivity index (χ2n) is 6.02. The maximum absolute atomic E-state index is 12.5. The molecule has 0 saturated heterocycles. The predicted molar refractivity (Wildman–Crippen MR) is 113 cm³/mol. The summed E-state index contributed by atoms with van der Waals surface area (Å²) in [5.74, 6) is 0.996. The molecule has 2 aromatic carbocycles. The van der Waals surface area contributed by atoms with Crippen molar-refractivity contribution in [2.24, 2.45) is 5.10 Å². The van der Waals surface area contributed by atoms with Crippen molar-refractivity contribution >= 4 is 28.1 Å². The molecule has 138 valence electrons. The lowest BCUT2D eigenvalue weighted by Crippen LogP contribution is -2.19. The van der Waals surface area contributed by atoms with Crippen molar-refractivity contribution in [2.45, 2.75) is 0 Å². The van der Waals surface area contributed by atoms with Gasteiger partial charge in [-0.15, -0.1) is 0 Å². The van der Waals surface area contributed by atoms with Gasteiger partial charge in [-0.3, -0.25) is 4.79 Å². The van der Waals surface area contributed by atoms with Gasteiger partial charge in [0.2, 0.25) is 0 Å². The SMILES string of the molecule is O=C(N/N=C\c1ccc(-c2ccc(Br)cc2)o1)c1ccccc1-n1cccc1. The van der Waals surface area contributed by atoms with Crippen LogP contribution >= 0.6 is 15.9 Å². The normalized spacial score (nSPS) is 11.0. The van der Waals surface area contributed by atoms with Crippen molar-refractivity contribution in [3.05, 3.63) is 101 Å². The highest BCUT2D eigenvalue weighted by molar-refractivity contribution is 9.10. The summed E-state index contributed by atoms with van der Waals surface area (Å²) in [5.41, 5.74) is 4.84. The number of amides is 1. The van der Waals surface area contributed by atoms with Gasteiger partial charge in [0.25, 0.3) is 5.91 Å². The zero-order chi connectivity index (χ0) is 19.3. The van der Waals surface area contributed by atoms with Crippen molar-refractivity contribution in [2.75, 3.05) is 0 Å². The maximum atomic E-state index is 12.5. The molecule has 0 aliphatic carbocycles. The van der Waals surface area contributed by atoms with E-state index in [9.17, 15) is 4.79 Å². The van der Waals surface area contributed by atoms with Crippen LogP contribution in [-0.4, -0.2) is 16.7 Å². The van der Waals surface area contributed by atoms with Gasteiger partial charge in [0.15, 0.2) is 0 Å². The molecular formula is C22H16BrN3O2. The molecule has 0 atom stereocenters. The van der Waals surface area contributed by atoms with E-state index in [-0.39, 0.29) is 5.91 Å². The Morgan fingerprint density at radius 1 is 0.964 bits per heavy atom. The fraction of sp³-hybridized carbons (Fsp3) is 0. The molecule has 4 aromatic rings. The summed E-state index contributed by atoms with van der Waals surface area (Å²) >= 11 is 3.41. The van der Waals surface area contributed by atoms with Crippen molar-refractivity contribution in [3.63, 3.8) is 0 Å². The fourth-order valence-corrected chi connectivity index (χ4v) is 3.06.